The van der Waals surface area contributed by atoms with Crippen molar-refractivity contribution >= 4 is 29.5 Å². The van der Waals surface area contributed by atoms with E-state index in [4.69, 9.17) is 23.8 Å². The van der Waals surface area contributed by atoms with Gasteiger partial charge in [0.2, 0.25) is 0 Å². The average Bonchev–Trinajstić information content (AvgIpc) is 2.97. The van der Waals surface area contributed by atoms with E-state index in [0.717, 1.165) is 35.1 Å². The van der Waals surface area contributed by atoms with Crippen LogP contribution < -0.4 is 4.90 Å². The third-order valence-electron chi connectivity index (χ3n) is 5.33. The van der Waals surface area contributed by atoms with E-state index < -0.39 is 0 Å². The molecule has 4 rings (SSSR count). The summed E-state index contributed by atoms with van der Waals surface area (Å²) in [4.78, 5) is 2.08. The van der Waals surface area contributed by atoms with Gasteiger partial charge in [0, 0.05) is 30.5 Å². The summed E-state index contributed by atoms with van der Waals surface area (Å²) in [6.45, 7) is 0. The molecule has 0 atom stereocenters. The minimum absolute atomic E-state index is 0.113. The molecule has 1 heterocycles. The van der Waals surface area contributed by atoms with E-state index in [-0.39, 0.29) is 5.41 Å². The Morgan fingerprint density at radius 1 is 1.08 bits per heavy atom. The lowest BCUT2D eigenvalue weighted by Crippen LogP contribution is -2.38. The van der Waals surface area contributed by atoms with Gasteiger partial charge in [0.05, 0.1) is 5.41 Å². The van der Waals surface area contributed by atoms with Crippen molar-refractivity contribution in [3.8, 4) is 5.69 Å². The number of H-pyrrole nitrogens is 1. The van der Waals surface area contributed by atoms with Crippen LogP contribution in [0.4, 0.5) is 5.69 Å². The Bertz CT molecular complexity index is 966. The summed E-state index contributed by atoms with van der Waals surface area (Å²) in [5, 5.41) is 8.40. The van der Waals surface area contributed by atoms with Crippen LogP contribution in [0.1, 0.15) is 30.7 Å². The van der Waals surface area contributed by atoms with Crippen LogP contribution in [0.2, 0.25) is 5.02 Å². The smallest absolute Gasteiger partial charge is 0.199 e. The Morgan fingerprint density at radius 3 is 2.27 bits per heavy atom. The van der Waals surface area contributed by atoms with Crippen molar-refractivity contribution in [2.45, 2.75) is 24.7 Å². The zero-order valence-electron chi connectivity index (χ0n) is 14.9. The van der Waals surface area contributed by atoms with Crippen LogP contribution in [0.3, 0.4) is 0 Å². The lowest BCUT2D eigenvalue weighted by Gasteiger charge is -2.41. The fourth-order valence-corrected chi connectivity index (χ4v) is 4.06. The van der Waals surface area contributed by atoms with Crippen LogP contribution in [-0.4, -0.2) is 28.9 Å². The van der Waals surface area contributed by atoms with Gasteiger partial charge in [0.15, 0.2) is 4.77 Å². The molecule has 0 amide bonds. The number of aromatic nitrogens is 3. The molecule has 3 aromatic rings. The molecule has 0 radical (unpaired) electrons. The van der Waals surface area contributed by atoms with Crippen molar-refractivity contribution in [3.05, 3.63) is 69.7 Å². The number of halogens is 1. The standard InChI is InChI=1S/C20H21ClN4S/c1-24(2)16-8-10-17(11-9-16)25-18(22-23-19(25)26)20(12-3-13-20)14-4-6-15(21)7-5-14/h4-11H,3,12-13H2,1-2H3,(H,23,26). The molecule has 6 heteroatoms. The predicted molar refractivity (Wildman–Crippen MR) is 109 cm³/mol. The molecule has 4 nitrogen and oxygen atoms in total. The second-order valence-corrected chi connectivity index (χ2v) is 7.86. The van der Waals surface area contributed by atoms with Crippen molar-refractivity contribution in [3.63, 3.8) is 0 Å². The van der Waals surface area contributed by atoms with E-state index in [0.29, 0.717) is 4.77 Å². The molecular formula is C20H21ClN4S. The molecule has 1 N–H and O–H groups in total. The highest BCUT2D eigenvalue weighted by molar-refractivity contribution is 7.71. The molecule has 2 aromatic carbocycles. The van der Waals surface area contributed by atoms with Crippen molar-refractivity contribution in [2.24, 2.45) is 0 Å². The minimum atomic E-state index is -0.113. The summed E-state index contributed by atoms with van der Waals surface area (Å²) in [7, 11) is 4.07. The Morgan fingerprint density at radius 2 is 1.73 bits per heavy atom. The van der Waals surface area contributed by atoms with E-state index in [2.05, 4.69) is 56.1 Å². The molecule has 26 heavy (non-hydrogen) atoms. The van der Waals surface area contributed by atoms with Crippen LogP contribution in [-0.2, 0) is 5.41 Å². The number of rotatable bonds is 4. The Kier molecular flexibility index (Phi) is 4.37. The van der Waals surface area contributed by atoms with Crippen LogP contribution in [0, 0.1) is 4.77 Å². The molecule has 0 aliphatic heterocycles. The predicted octanol–water partition coefficient (Wildman–Crippen LogP) is 5.12. The lowest BCUT2D eigenvalue weighted by molar-refractivity contribution is 0.281. The lowest BCUT2D eigenvalue weighted by atomic mass is 9.64. The fraction of sp³-hybridized carbons (Fsp3) is 0.300. The number of nitrogens with zero attached hydrogens (tertiary/aromatic N) is 3. The van der Waals surface area contributed by atoms with Gasteiger partial charge < -0.3 is 4.90 Å². The topological polar surface area (TPSA) is 36.9 Å². The molecule has 1 saturated carbocycles. The van der Waals surface area contributed by atoms with Crippen molar-refractivity contribution in [2.75, 3.05) is 19.0 Å². The maximum Gasteiger partial charge on any atom is 0.199 e. The highest BCUT2D eigenvalue weighted by Crippen LogP contribution is 2.48. The van der Waals surface area contributed by atoms with E-state index in [1.807, 2.05) is 26.2 Å². The van der Waals surface area contributed by atoms with E-state index in [1.165, 1.54) is 12.0 Å². The largest absolute Gasteiger partial charge is 0.378 e. The normalized spacial score (nSPS) is 15.5. The van der Waals surface area contributed by atoms with E-state index in [1.54, 1.807) is 0 Å². The van der Waals surface area contributed by atoms with Crippen LogP contribution >= 0.6 is 23.8 Å². The number of aromatic amines is 1. The molecule has 134 valence electrons. The van der Waals surface area contributed by atoms with Crippen LogP contribution in [0.15, 0.2) is 48.5 Å². The second kappa shape index (κ2) is 6.56. The summed E-state index contributed by atoms with van der Waals surface area (Å²) in [6, 6.07) is 16.5. The molecule has 1 aromatic heterocycles. The summed E-state index contributed by atoms with van der Waals surface area (Å²) in [6.07, 6.45) is 3.30. The Hall–Kier alpha value is -2.11. The number of hydrogen-bond donors (Lipinski definition) is 1. The van der Waals surface area contributed by atoms with E-state index >= 15 is 0 Å². The first-order chi connectivity index (χ1) is 12.5. The quantitative estimate of drug-likeness (QED) is 0.634. The maximum absolute atomic E-state index is 6.09. The monoisotopic (exact) mass is 384 g/mol. The number of anilines is 1. The number of nitrogens with one attached hydrogen (secondary N) is 1. The second-order valence-electron chi connectivity index (χ2n) is 7.04. The van der Waals surface area contributed by atoms with Gasteiger partial charge in [-0.05, 0) is 67.0 Å². The zero-order chi connectivity index (χ0) is 18.3. The Labute approximate surface area is 163 Å². The maximum atomic E-state index is 6.09. The summed E-state index contributed by atoms with van der Waals surface area (Å²) < 4.78 is 2.69. The first-order valence-electron chi connectivity index (χ1n) is 8.73. The number of hydrogen-bond acceptors (Lipinski definition) is 3. The summed E-state index contributed by atoms with van der Waals surface area (Å²) >= 11 is 11.7. The Balaban J connectivity index is 1.83. The highest BCUT2D eigenvalue weighted by atomic mass is 35.5. The van der Waals surface area contributed by atoms with Crippen LogP contribution in [0.5, 0.6) is 0 Å². The van der Waals surface area contributed by atoms with Gasteiger partial charge in [-0.3, -0.25) is 9.67 Å². The first kappa shape index (κ1) is 17.3. The number of benzene rings is 2. The summed E-state index contributed by atoms with van der Waals surface area (Å²) in [5.74, 6) is 0.980. The van der Waals surface area contributed by atoms with E-state index in [9.17, 15) is 0 Å². The van der Waals surface area contributed by atoms with Gasteiger partial charge in [-0.15, -0.1) is 0 Å². The SMILES string of the molecule is CN(C)c1ccc(-n2c(C3(c4ccc(Cl)cc4)CCC3)n[nH]c2=S)cc1. The minimum Gasteiger partial charge on any atom is -0.378 e. The average molecular weight is 385 g/mol. The van der Waals surface area contributed by atoms with Crippen molar-refractivity contribution < 1.29 is 0 Å². The first-order valence-corrected chi connectivity index (χ1v) is 9.52. The molecule has 0 bridgehead atoms. The third-order valence-corrected chi connectivity index (χ3v) is 5.85. The molecular weight excluding hydrogens is 364 g/mol. The van der Waals surface area contributed by atoms with Gasteiger partial charge >= 0.3 is 0 Å². The molecule has 1 aliphatic carbocycles. The zero-order valence-corrected chi connectivity index (χ0v) is 16.4. The molecule has 0 spiro atoms. The molecule has 0 unspecified atom stereocenters. The fourth-order valence-electron chi connectivity index (χ4n) is 3.70. The van der Waals surface area contributed by atoms with Crippen molar-refractivity contribution in [1.29, 1.82) is 0 Å². The summed E-state index contributed by atoms with van der Waals surface area (Å²) in [5.41, 5.74) is 3.32. The van der Waals surface area contributed by atoms with Gasteiger partial charge in [0.25, 0.3) is 0 Å². The third kappa shape index (κ3) is 2.75. The molecule has 0 saturated heterocycles. The molecule has 1 aliphatic rings. The highest BCUT2D eigenvalue weighted by Gasteiger charge is 2.44. The van der Waals surface area contributed by atoms with Gasteiger partial charge in [-0.1, -0.05) is 30.2 Å². The van der Waals surface area contributed by atoms with Gasteiger partial charge in [-0.25, -0.2) is 0 Å². The van der Waals surface area contributed by atoms with Gasteiger partial charge in [-0.2, -0.15) is 5.10 Å². The molecule has 1 fully saturated rings. The van der Waals surface area contributed by atoms with Crippen LogP contribution in [0.25, 0.3) is 5.69 Å². The van der Waals surface area contributed by atoms with Crippen molar-refractivity contribution in [1.82, 2.24) is 14.8 Å². The van der Waals surface area contributed by atoms with Gasteiger partial charge in [0.1, 0.15) is 5.82 Å².